The van der Waals surface area contributed by atoms with E-state index in [2.05, 4.69) is 4.74 Å². The molecule has 2 N–H and O–H groups in total. The molecular formula is C16H22F2N2O4. The minimum Gasteiger partial charge on any atom is -0.493 e. The highest BCUT2D eigenvalue weighted by atomic mass is 19.3. The molecule has 8 heteroatoms. The van der Waals surface area contributed by atoms with Gasteiger partial charge < -0.3 is 24.8 Å². The number of benzene rings is 1. The second-order valence-corrected chi connectivity index (χ2v) is 5.73. The molecule has 1 aromatic carbocycles. The van der Waals surface area contributed by atoms with Gasteiger partial charge in [0.05, 0.1) is 14.2 Å². The van der Waals surface area contributed by atoms with Gasteiger partial charge in [0.1, 0.15) is 0 Å². The molecule has 0 spiro atoms. The Hall–Kier alpha value is -2.09. The van der Waals surface area contributed by atoms with E-state index in [1.165, 1.54) is 26.4 Å². The molecule has 0 radical (unpaired) electrons. The van der Waals surface area contributed by atoms with Crippen LogP contribution in [0.2, 0.25) is 0 Å². The fourth-order valence-electron chi connectivity index (χ4n) is 2.97. The largest absolute Gasteiger partial charge is 0.493 e. The summed E-state index contributed by atoms with van der Waals surface area (Å²) in [4.78, 5) is 14.5. The molecule has 0 aromatic heterocycles. The average Bonchev–Trinajstić information content (AvgIpc) is 2.94. The predicted octanol–water partition coefficient (Wildman–Crippen LogP) is 2.11. The standard InChI is InChI=1S/C16H22F2N2O4/c1-9-4-10(7-19)8-20(9)15(21)11-5-12(22-2)14(24-16(17)18)13(6-11)23-3/h5-6,9-10,16H,4,7-8,19H2,1-3H3. The van der Waals surface area contributed by atoms with Crippen molar-refractivity contribution < 1.29 is 27.8 Å². The van der Waals surface area contributed by atoms with Gasteiger partial charge >= 0.3 is 6.61 Å². The van der Waals surface area contributed by atoms with Crippen LogP contribution in [-0.4, -0.2) is 50.8 Å². The number of hydrogen-bond acceptors (Lipinski definition) is 5. The van der Waals surface area contributed by atoms with Crippen molar-refractivity contribution in [2.45, 2.75) is 26.0 Å². The molecule has 1 aromatic rings. The van der Waals surface area contributed by atoms with Gasteiger partial charge in [-0.2, -0.15) is 8.78 Å². The van der Waals surface area contributed by atoms with E-state index in [4.69, 9.17) is 15.2 Å². The molecule has 134 valence electrons. The number of amides is 1. The number of rotatable bonds is 6. The first kappa shape index (κ1) is 18.3. The average molecular weight is 344 g/mol. The number of carbonyl (C=O) groups excluding carboxylic acids is 1. The summed E-state index contributed by atoms with van der Waals surface area (Å²) in [6.07, 6.45) is 0.836. The van der Waals surface area contributed by atoms with Crippen LogP contribution in [0.25, 0.3) is 0 Å². The summed E-state index contributed by atoms with van der Waals surface area (Å²) in [5.74, 6) is -0.172. The van der Waals surface area contributed by atoms with Gasteiger partial charge in [-0.3, -0.25) is 4.79 Å². The maximum atomic E-state index is 12.8. The molecule has 1 aliphatic heterocycles. The lowest BCUT2D eigenvalue weighted by Crippen LogP contribution is -2.34. The van der Waals surface area contributed by atoms with Crippen LogP contribution in [0, 0.1) is 5.92 Å². The fourth-order valence-corrected chi connectivity index (χ4v) is 2.97. The van der Waals surface area contributed by atoms with E-state index in [9.17, 15) is 13.6 Å². The molecule has 0 saturated carbocycles. The van der Waals surface area contributed by atoms with Crippen molar-refractivity contribution in [2.24, 2.45) is 11.7 Å². The van der Waals surface area contributed by atoms with Crippen LogP contribution in [0.15, 0.2) is 12.1 Å². The van der Waals surface area contributed by atoms with E-state index in [0.717, 1.165) is 6.42 Å². The first-order valence-corrected chi connectivity index (χ1v) is 7.63. The number of nitrogens with two attached hydrogens (primary N) is 1. The number of halogens is 2. The zero-order valence-corrected chi connectivity index (χ0v) is 13.9. The normalized spacial score (nSPS) is 20.4. The van der Waals surface area contributed by atoms with Crippen molar-refractivity contribution in [3.05, 3.63) is 17.7 Å². The molecule has 2 atom stereocenters. The number of alkyl halides is 2. The van der Waals surface area contributed by atoms with Gasteiger partial charge in [0.25, 0.3) is 5.91 Å². The molecule has 2 rings (SSSR count). The van der Waals surface area contributed by atoms with Crippen molar-refractivity contribution >= 4 is 5.91 Å². The van der Waals surface area contributed by atoms with Crippen LogP contribution in [0.5, 0.6) is 17.2 Å². The molecule has 24 heavy (non-hydrogen) atoms. The quantitative estimate of drug-likeness (QED) is 0.856. The Morgan fingerprint density at radius 2 is 1.92 bits per heavy atom. The number of nitrogens with zero attached hydrogens (tertiary/aromatic N) is 1. The second kappa shape index (κ2) is 7.65. The van der Waals surface area contributed by atoms with Gasteiger partial charge in [-0.1, -0.05) is 0 Å². The Bertz CT molecular complexity index is 572. The van der Waals surface area contributed by atoms with E-state index in [0.29, 0.717) is 13.1 Å². The summed E-state index contributed by atoms with van der Waals surface area (Å²) in [5.41, 5.74) is 5.98. The minimum atomic E-state index is -3.03. The Morgan fingerprint density at radius 1 is 1.33 bits per heavy atom. The van der Waals surface area contributed by atoms with E-state index in [1.807, 2.05) is 6.92 Å². The number of methoxy groups -OCH3 is 2. The van der Waals surface area contributed by atoms with E-state index >= 15 is 0 Å². The van der Waals surface area contributed by atoms with Crippen LogP contribution >= 0.6 is 0 Å². The van der Waals surface area contributed by atoms with Gasteiger partial charge in [0, 0.05) is 18.2 Å². The van der Waals surface area contributed by atoms with Crippen molar-refractivity contribution in [3.8, 4) is 17.2 Å². The second-order valence-electron chi connectivity index (χ2n) is 5.73. The molecule has 1 saturated heterocycles. The number of likely N-dealkylation sites (tertiary alicyclic amines) is 1. The molecule has 6 nitrogen and oxygen atoms in total. The van der Waals surface area contributed by atoms with Gasteiger partial charge in [0.2, 0.25) is 5.75 Å². The van der Waals surface area contributed by atoms with Crippen molar-refractivity contribution in [1.29, 1.82) is 0 Å². The highest BCUT2D eigenvalue weighted by Gasteiger charge is 2.33. The lowest BCUT2D eigenvalue weighted by atomic mass is 10.1. The third kappa shape index (κ3) is 3.69. The van der Waals surface area contributed by atoms with Crippen molar-refractivity contribution in [1.82, 2.24) is 4.90 Å². The topological polar surface area (TPSA) is 74.0 Å². The first-order chi connectivity index (χ1) is 11.4. The molecule has 0 bridgehead atoms. The van der Waals surface area contributed by atoms with Crippen LogP contribution < -0.4 is 19.9 Å². The Kier molecular flexibility index (Phi) is 5.82. The summed E-state index contributed by atoms with van der Waals surface area (Å²) < 4.78 is 39.8. The first-order valence-electron chi connectivity index (χ1n) is 7.63. The minimum absolute atomic E-state index is 0.0141. The third-order valence-corrected chi connectivity index (χ3v) is 4.17. The Labute approximate surface area is 139 Å². The summed E-state index contributed by atoms with van der Waals surface area (Å²) >= 11 is 0. The lowest BCUT2D eigenvalue weighted by Gasteiger charge is -2.23. The van der Waals surface area contributed by atoms with Gasteiger partial charge in [-0.25, -0.2) is 0 Å². The molecule has 0 aliphatic carbocycles. The predicted molar refractivity (Wildman–Crippen MR) is 83.8 cm³/mol. The highest BCUT2D eigenvalue weighted by molar-refractivity contribution is 5.96. The molecule has 2 unspecified atom stereocenters. The van der Waals surface area contributed by atoms with Crippen LogP contribution in [0.4, 0.5) is 8.78 Å². The highest BCUT2D eigenvalue weighted by Crippen LogP contribution is 2.40. The summed E-state index contributed by atoms with van der Waals surface area (Å²) in [7, 11) is 2.62. The van der Waals surface area contributed by atoms with E-state index in [-0.39, 0.29) is 40.7 Å². The molecular weight excluding hydrogens is 322 g/mol. The molecule has 1 heterocycles. The SMILES string of the molecule is COc1cc(C(=O)N2CC(CN)CC2C)cc(OC)c1OC(F)F. The Morgan fingerprint density at radius 3 is 2.33 bits per heavy atom. The lowest BCUT2D eigenvalue weighted by molar-refractivity contribution is -0.0526. The van der Waals surface area contributed by atoms with Gasteiger partial charge in [0.15, 0.2) is 11.5 Å². The zero-order chi connectivity index (χ0) is 17.9. The van der Waals surface area contributed by atoms with Gasteiger partial charge in [-0.05, 0) is 37.9 Å². The van der Waals surface area contributed by atoms with Crippen LogP contribution in [-0.2, 0) is 0 Å². The zero-order valence-electron chi connectivity index (χ0n) is 13.9. The summed E-state index contributed by atoms with van der Waals surface area (Å²) in [6.45, 7) is 0.00697. The number of ether oxygens (including phenoxy) is 3. The third-order valence-electron chi connectivity index (χ3n) is 4.17. The molecule has 1 aliphatic rings. The molecule has 1 fully saturated rings. The smallest absolute Gasteiger partial charge is 0.387 e. The van der Waals surface area contributed by atoms with E-state index in [1.54, 1.807) is 4.90 Å². The maximum Gasteiger partial charge on any atom is 0.387 e. The van der Waals surface area contributed by atoms with E-state index < -0.39 is 6.61 Å². The molecule has 1 amide bonds. The number of hydrogen-bond donors (Lipinski definition) is 1. The van der Waals surface area contributed by atoms with Gasteiger partial charge in [-0.15, -0.1) is 0 Å². The van der Waals surface area contributed by atoms with Crippen LogP contribution in [0.3, 0.4) is 0 Å². The van der Waals surface area contributed by atoms with Crippen LogP contribution in [0.1, 0.15) is 23.7 Å². The monoisotopic (exact) mass is 344 g/mol. The van der Waals surface area contributed by atoms with Crippen molar-refractivity contribution in [3.63, 3.8) is 0 Å². The summed E-state index contributed by atoms with van der Waals surface area (Å²) in [5, 5.41) is 0. The van der Waals surface area contributed by atoms with Crippen molar-refractivity contribution in [2.75, 3.05) is 27.3 Å². The fraction of sp³-hybridized carbons (Fsp3) is 0.562. The summed E-state index contributed by atoms with van der Waals surface area (Å²) in [6, 6.07) is 2.82. The number of carbonyl (C=O) groups is 1. The maximum absolute atomic E-state index is 12.8. The Balaban J connectivity index is 2.35.